The molecule has 0 radical (unpaired) electrons. The highest BCUT2D eigenvalue weighted by Gasteiger charge is 2.04. The van der Waals surface area contributed by atoms with Gasteiger partial charge in [0.15, 0.2) is 0 Å². The first kappa shape index (κ1) is 8.11. The second-order valence-electron chi connectivity index (χ2n) is 1.85. The fourth-order valence-corrected chi connectivity index (χ4v) is 0.529. The number of aromatic nitrogens is 3. The summed E-state index contributed by atoms with van der Waals surface area (Å²) in [5.41, 5.74) is 0. The van der Waals surface area contributed by atoms with Crippen LogP contribution in [-0.4, -0.2) is 33.5 Å². The molecule has 1 aromatic heterocycles. The predicted octanol–water partition coefficient (Wildman–Crippen LogP) is -0.539. The largest absolute Gasteiger partial charge is 0.358 e. The number of nitrogens with one attached hydrogen (secondary N) is 1. The van der Waals surface area contributed by atoms with Gasteiger partial charge in [-0.05, 0) is 4.92 Å². The first-order valence-electron chi connectivity index (χ1n) is 2.97. The zero-order valence-corrected chi connectivity index (χ0v) is 6.21. The summed E-state index contributed by atoms with van der Waals surface area (Å²) in [6.07, 6.45) is 1.86. The molecule has 0 atom stereocenters. The summed E-state index contributed by atoms with van der Waals surface area (Å²) in [6, 6.07) is 0. The number of nitro groups is 1. The molecule has 0 aliphatic carbocycles. The molecule has 1 N–H and O–H groups in total. The number of rotatable bonds is 3. The monoisotopic (exact) mass is 170 g/mol. The van der Waals surface area contributed by atoms with E-state index >= 15 is 0 Å². The van der Waals surface area contributed by atoms with Gasteiger partial charge < -0.3 is 10.1 Å². The third-order valence-electron chi connectivity index (χ3n) is 1.03. The maximum absolute atomic E-state index is 9.86. The van der Waals surface area contributed by atoms with E-state index in [0.29, 0.717) is 12.3 Å². The van der Waals surface area contributed by atoms with Crippen molar-refractivity contribution in [1.29, 1.82) is 0 Å². The molecular weight excluding hydrogens is 164 g/mol. The minimum Gasteiger partial charge on any atom is -0.358 e. The second-order valence-corrected chi connectivity index (χ2v) is 1.85. The van der Waals surface area contributed by atoms with Gasteiger partial charge in [-0.3, -0.25) is 0 Å². The minimum absolute atomic E-state index is 0.341. The predicted molar refractivity (Wildman–Crippen MR) is 40.3 cm³/mol. The van der Waals surface area contributed by atoms with Crippen molar-refractivity contribution in [1.82, 2.24) is 15.2 Å². The fourth-order valence-electron chi connectivity index (χ4n) is 0.529. The summed E-state index contributed by atoms with van der Waals surface area (Å²) in [4.78, 5) is 12.9. The molecule has 0 aliphatic rings. The highest BCUT2D eigenvalue weighted by atomic mass is 16.6. The quantitative estimate of drug-likeness (QED) is 0.284. The van der Waals surface area contributed by atoms with Crippen LogP contribution < -0.4 is 5.01 Å². The van der Waals surface area contributed by atoms with Crippen molar-refractivity contribution in [3.05, 3.63) is 16.4 Å². The van der Waals surface area contributed by atoms with Crippen LogP contribution in [0, 0.1) is 10.1 Å². The summed E-state index contributed by atoms with van der Waals surface area (Å²) >= 11 is 0. The van der Waals surface area contributed by atoms with Gasteiger partial charge in [0, 0.05) is 0 Å². The van der Waals surface area contributed by atoms with Crippen LogP contribution in [0.2, 0.25) is 0 Å². The highest BCUT2D eigenvalue weighted by molar-refractivity contribution is 5.46. The van der Waals surface area contributed by atoms with E-state index in [0.717, 1.165) is 0 Å². The van der Waals surface area contributed by atoms with Gasteiger partial charge in [-0.1, -0.05) is 0 Å². The Hall–Kier alpha value is -1.99. The number of nitrogens with zero attached hydrogens (tertiary/aromatic N) is 5. The Morgan fingerprint density at radius 1 is 1.92 bits per heavy atom. The number of anilines is 1. The van der Waals surface area contributed by atoms with Crippen LogP contribution in [0.5, 0.6) is 0 Å². The molecule has 8 nitrogen and oxygen atoms in total. The fraction of sp³-hybridized carbons (Fsp3) is 0.250. The van der Waals surface area contributed by atoms with Gasteiger partial charge in [0.1, 0.15) is 6.33 Å². The first-order chi connectivity index (χ1) is 5.70. The van der Waals surface area contributed by atoms with E-state index in [1.54, 1.807) is 0 Å². The Morgan fingerprint density at radius 2 is 2.67 bits per heavy atom. The molecule has 0 amide bonds. The lowest BCUT2D eigenvalue weighted by Crippen LogP contribution is -2.12. The van der Waals surface area contributed by atoms with E-state index in [-0.39, 0.29) is 0 Å². The summed E-state index contributed by atoms with van der Waals surface area (Å²) in [5.74, 6) is 0.341. The van der Waals surface area contributed by atoms with Crippen LogP contribution in [0.4, 0.5) is 5.95 Å². The second kappa shape index (κ2) is 3.42. The zero-order valence-electron chi connectivity index (χ0n) is 6.21. The van der Waals surface area contributed by atoms with E-state index in [1.807, 2.05) is 0 Å². The van der Waals surface area contributed by atoms with Gasteiger partial charge in [0.2, 0.25) is 0 Å². The molecule has 0 spiro atoms. The standard InChI is InChI=1S/C4H6N6O2/c1-9(7-3-10(11)12)4-5-2-6-8-4/h2-3H,1H3,(H,5,6,8). The Labute approximate surface area is 67.1 Å². The number of hydrogen-bond donors (Lipinski definition) is 1. The van der Waals surface area contributed by atoms with Crippen molar-refractivity contribution in [2.45, 2.75) is 0 Å². The first-order valence-corrected chi connectivity index (χ1v) is 2.97. The Bertz CT molecular complexity index is 280. The number of hydrogen-bond acceptors (Lipinski definition) is 6. The lowest BCUT2D eigenvalue weighted by atomic mass is 10.9. The molecule has 0 saturated carbocycles. The van der Waals surface area contributed by atoms with Crippen LogP contribution in [0.1, 0.15) is 0 Å². The molecule has 64 valence electrons. The van der Waals surface area contributed by atoms with Crippen LogP contribution in [0.3, 0.4) is 0 Å². The Balaban J connectivity index is 2.61. The summed E-state index contributed by atoms with van der Waals surface area (Å²) in [6.45, 7) is 0. The third kappa shape index (κ3) is 2.01. The molecule has 0 fully saturated rings. The number of hydrazone groups is 1. The average molecular weight is 170 g/mol. The average Bonchev–Trinajstić information content (AvgIpc) is 2.51. The lowest BCUT2D eigenvalue weighted by molar-refractivity contribution is -0.339. The van der Waals surface area contributed by atoms with Gasteiger partial charge in [-0.15, -0.1) is 5.01 Å². The molecule has 0 aliphatic heterocycles. The van der Waals surface area contributed by atoms with Crippen molar-refractivity contribution in [2.75, 3.05) is 12.1 Å². The van der Waals surface area contributed by atoms with E-state index in [1.165, 1.54) is 18.4 Å². The molecule has 8 heteroatoms. The Morgan fingerprint density at radius 3 is 3.17 bits per heavy atom. The maximum atomic E-state index is 9.86. The molecule has 1 rings (SSSR count). The molecule has 1 aromatic rings. The van der Waals surface area contributed by atoms with Gasteiger partial charge in [0.25, 0.3) is 5.95 Å². The summed E-state index contributed by atoms with van der Waals surface area (Å²) < 4.78 is 0. The topological polar surface area (TPSA) is 100 Å². The van der Waals surface area contributed by atoms with Crippen LogP contribution >= 0.6 is 0 Å². The molecular formula is C4H6N6O2. The van der Waals surface area contributed by atoms with Crippen molar-refractivity contribution >= 4 is 12.3 Å². The van der Waals surface area contributed by atoms with Crippen LogP contribution in [0.25, 0.3) is 0 Å². The molecule has 1 heterocycles. The van der Waals surface area contributed by atoms with E-state index in [2.05, 4.69) is 20.3 Å². The van der Waals surface area contributed by atoms with Crippen molar-refractivity contribution in [2.24, 2.45) is 5.10 Å². The van der Waals surface area contributed by atoms with Crippen molar-refractivity contribution in [3.63, 3.8) is 0 Å². The maximum Gasteiger partial charge on any atom is 0.352 e. The molecule has 0 aromatic carbocycles. The summed E-state index contributed by atoms with van der Waals surface area (Å²) in [5, 5.41) is 20.5. The number of aromatic amines is 1. The highest BCUT2D eigenvalue weighted by Crippen LogP contribution is 1.99. The molecule has 0 saturated heterocycles. The van der Waals surface area contributed by atoms with Gasteiger partial charge >= 0.3 is 6.34 Å². The SMILES string of the molecule is CN(N=C[N+](=O)[O-])c1ncn[nH]1. The Kier molecular flexibility index (Phi) is 2.31. The van der Waals surface area contributed by atoms with Crippen LogP contribution in [0.15, 0.2) is 11.4 Å². The van der Waals surface area contributed by atoms with E-state index in [4.69, 9.17) is 0 Å². The van der Waals surface area contributed by atoms with Crippen molar-refractivity contribution < 1.29 is 4.92 Å². The molecule has 0 bridgehead atoms. The van der Waals surface area contributed by atoms with E-state index < -0.39 is 4.92 Å². The zero-order chi connectivity index (χ0) is 8.97. The van der Waals surface area contributed by atoms with Gasteiger partial charge in [0.05, 0.1) is 12.1 Å². The van der Waals surface area contributed by atoms with Crippen LogP contribution in [-0.2, 0) is 0 Å². The van der Waals surface area contributed by atoms with E-state index in [9.17, 15) is 10.1 Å². The third-order valence-corrected chi connectivity index (χ3v) is 1.03. The number of H-pyrrole nitrogens is 1. The van der Waals surface area contributed by atoms with Gasteiger partial charge in [-0.2, -0.15) is 10.1 Å². The molecule has 0 unspecified atom stereocenters. The van der Waals surface area contributed by atoms with Crippen molar-refractivity contribution in [3.8, 4) is 0 Å². The summed E-state index contributed by atoms with van der Waals surface area (Å²) in [7, 11) is 1.51. The lowest BCUT2D eigenvalue weighted by Gasteiger charge is -1.97. The normalized spacial score (nSPS) is 10.4. The minimum atomic E-state index is -0.660. The smallest absolute Gasteiger partial charge is 0.352 e. The molecule has 12 heavy (non-hydrogen) atoms. The van der Waals surface area contributed by atoms with Gasteiger partial charge in [-0.25, -0.2) is 5.10 Å².